The average molecular weight is 351 g/mol. The van der Waals surface area contributed by atoms with Crippen molar-refractivity contribution in [3.05, 3.63) is 24.2 Å². The summed E-state index contributed by atoms with van der Waals surface area (Å²) in [5.74, 6) is 0.336. The number of furan rings is 1. The fraction of sp³-hybridized carbons (Fsp3) is 0.455. The molecule has 1 N–H and O–H groups in total. The van der Waals surface area contributed by atoms with Gasteiger partial charge < -0.3 is 14.5 Å². The van der Waals surface area contributed by atoms with Gasteiger partial charge in [0.05, 0.1) is 13.4 Å². The van der Waals surface area contributed by atoms with Crippen LogP contribution >= 0.6 is 22.6 Å². The van der Waals surface area contributed by atoms with Crippen LogP contribution in [0.5, 0.6) is 0 Å². The Labute approximate surface area is 113 Å². The Morgan fingerprint density at radius 3 is 2.94 bits per heavy atom. The fourth-order valence-corrected chi connectivity index (χ4v) is 1.67. The van der Waals surface area contributed by atoms with Crippen LogP contribution in [0.1, 0.15) is 12.2 Å². The summed E-state index contributed by atoms with van der Waals surface area (Å²) >= 11 is 1.93. The number of methoxy groups -OCH3 is 1. The number of ether oxygens (including phenoxy) is 1. The first-order chi connectivity index (χ1) is 8.13. The van der Waals surface area contributed by atoms with Crippen molar-refractivity contribution in [2.24, 2.45) is 0 Å². The first-order valence-corrected chi connectivity index (χ1v) is 6.39. The van der Waals surface area contributed by atoms with Crippen molar-refractivity contribution in [3.63, 3.8) is 0 Å². The molecule has 1 heterocycles. The number of rotatable bonds is 6. The molecule has 0 radical (unpaired) electrons. The maximum atomic E-state index is 11.4. The van der Waals surface area contributed by atoms with E-state index in [9.17, 15) is 9.59 Å². The SMILES string of the molecule is COC(=O)C(I)CNC(=O)CCc1ccco1. The molecule has 17 heavy (non-hydrogen) atoms. The third-order valence-corrected chi connectivity index (χ3v) is 3.06. The molecule has 0 spiro atoms. The lowest BCUT2D eigenvalue weighted by atomic mass is 10.2. The van der Waals surface area contributed by atoms with Crippen LogP contribution in [0.15, 0.2) is 22.8 Å². The number of carbonyl (C=O) groups excluding carboxylic acids is 2. The van der Waals surface area contributed by atoms with Crippen LogP contribution in [-0.2, 0) is 20.7 Å². The molecule has 6 heteroatoms. The number of alkyl halides is 1. The summed E-state index contributed by atoms with van der Waals surface area (Å²) in [5.41, 5.74) is 0. The molecule has 1 rings (SSSR count). The van der Waals surface area contributed by atoms with E-state index in [1.165, 1.54) is 7.11 Å². The predicted molar refractivity (Wildman–Crippen MR) is 69.9 cm³/mol. The zero-order valence-corrected chi connectivity index (χ0v) is 11.6. The first kappa shape index (κ1) is 14.0. The molecular weight excluding hydrogens is 337 g/mol. The molecule has 0 aromatic carbocycles. The molecule has 0 aliphatic heterocycles. The van der Waals surface area contributed by atoms with Gasteiger partial charge in [0.2, 0.25) is 5.91 Å². The van der Waals surface area contributed by atoms with Crippen molar-refractivity contribution < 1.29 is 18.7 Å². The van der Waals surface area contributed by atoms with Gasteiger partial charge in [-0.05, 0) is 12.1 Å². The van der Waals surface area contributed by atoms with Crippen molar-refractivity contribution >= 4 is 34.5 Å². The number of hydrogen-bond acceptors (Lipinski definition) is 4. The number of nitrogens with one attached hydrogen (secondary N) is 1. The van der Waals surface area contributed by atoms with E-state index >= 15 is 0 Å². The Kier molecular flexibility index (Phi) is 6.03. The van der Waals surface area contributed by atoms with Crippen molar-refractivity contribution in [2.75, 3.05) is 13.7 Å². The minimum Gasteiger partial charge on any atom is -0.469 e. The van der Waals surface area contributed by atoms with Crippen LogP contribution < -0.4 is 5.32 Å². The Bertz CT molecular complexity index is 364. The van der Waals surface area contributed by atoms with E-state index in [0.717, 1.165) is 5.76 Å². The van der Waals surface area contributed by atoms with Crippen molar-refractivity contribution in [2.45, 2.75) is 16.8 Å². The largest absolute Gasteiger partial charge is 0.469 e. The van der Waals surface area contributed by atoms with E-state index in [4.69, 9.17) is 4.42 Å². The summed E-state index contributed by atoms with van der Waals surface area (Å²) in [7, 11) is 1.33. The van der Waals surface area contributed by atoms with E-state index in [-0.39, 0.29) is 22.3 Å². The smallest absolute Gasteiger partial charge is 0.320 e. The van der Waals surface area contributed by atoms with Gasteiger partial charge in [0.25, 0.3) is 0 Å². The molecule has 1 aromatic heterocycles. The standard InChI is InChI=1S/C11H14INO4/c1-16-11(15)9(12)7-13-10(14)5-4-8-3-2-6-17-8/h2-3,6,9H,4-5,7H2,1H3,(H,13,14). The van der Waals surface area contributed by atoms with Crippen LogP contribution in [-0.4, -0.2) is 29.5 Å². The number of carbonyl (C=O) groups is 2. The number of amides is 1. The predicted octanol–water partition coefficient (Wildman–Crippen LogP) is 1.30. The molecule has 0 saturated heterocycles. The van der Waals surface area contributed by atoms with E-state index < -0.39 is 0 Å². The molecular formula is C11H14INO4. The number of halogens is 1. The zero-order chi connectivity index (χ0) is 12.7. The molecule has 1 aromatic rings. The van der Waals surface area contributed by atoms with Gasteiger partial charge in [-0.2, -0.15) is 0 Å². The summed E-state index contributed by atoms with van der Waals surface area (Å²) in [4.78, 5) is 22.5. The maximum Gasteiger partial charge on any atom is 0.320 e. The summed E-state index contributed by atoms with van der Waals surface area (Å²) in [5, 5.41) is 2.67. The lowest BCUT2D eigenvalue weighted by molar-refractivity contribution is -0.139. The van der Waals surface area contributed by atoms with Crippen molar-refractivity contribution in [1.82, 2.24) is 5.32 Å². The number of aryl methyl sites for hydroxylation is 1. The summed E-state index contributed by atoms with van der Waals surface area (Å²) < 4.78 is 9.30. The van der Waals surface area contributed by atoms with Crippen LogP contribution in [0.4, 0.5) is 0 Å². The topological polar surface area (TPSA) is 68.5 Å². The van der Waals surface area contributed by atoms with Crippen LogP contribution in [0.2, 0.25) is 0 Å². The number of esters is 1. The Hall–Kier alpha value is -1.05. The normalized spacial score (nSPS) is 11.9. The van der Waals surface area contributed by atoms with E-state index in [1.807, 2.05) is 28.7 Å². The third kappa shape index (κ3) is 5.20. The van der Waals surface area contributed by atoms with Gasteiger partial charge >= 0.3 is 5.97 Å². The van der Waals surface area contributed by atoms with Crippen LogP contribution in [0.25, 0.3) is 0 Å². The second-order valence-electron chi connectivity index (χ2n) is 3.37. The highest BCUT2D eigenvalue weighted by molar-refractivity contribution is 14.1. The molecule has 1 amide bonds. The van der Waals surface area contributed by atoms with Crippen LogP contribution in [0.3, 0.4) is 0 Å². The lowest BCUT2D eigenvalue weighted by Crippen LogP contribution is -2.33. The van der Waals surface area contributed by atoms with E-state index in [1.54, 1.807) is 12.3 Å². The number of hydrogen-bond donors (Lipinski definition) is 1. The quantitative estimate of drug-likeness (QED) is 0.477. The Balaban J connectivity index is 2.19. The van der Waals surface area contributed by atoms with Gasteiger partial charge in [-0.3, -0.25) is 9.59 Å². The maximum absolute atomic E-state index is 11.4. The highest BCUT2D eigenvalue weighted by atomic mass is 127. The van der Waals surface area contributed by atoms with Gasteiger partial charge in [0.15, 0.2) is 0 Å². The van der Waals surface area contributed by atoms with Gasteiger partial charge in [-0.25, -0.2) is 0 Å². The summed E-state index contributed by atoms with van der Waals surface area (Å²) in [6.45, 7) is 0.282. The van der Waals surface area contributed by atoms with Crippen molar-refractivity contribution in [1.29, 1.82) is 0 Å². The Morgan fingerprint density at radius 1 is 1.59 bits per heavy atom. The third-order valence-electron chi connectivity index (χ3n) is 2.11. The molecule has 0 aliphatic carbocycles. The second-order valence-corrected chi connectivity index (χ2v) is 4.88. The molecule has 0 fully saturated rings. The monoisotopic (exact) mass is 351 g/mol. The van der Waals surface area contributed by atoms with Gasteiger partial charge in [-0.1, -0.05) is 22.6 Å². The van der Waals surface area contributed by atoms with Crippen LogP contribution in [0, 0.1) is 0 Å². The van der Waals surface area contributed by atoms with Crippen molar-refractivity contribution in [3.8, 4) is 0 Å². The molecule has 0 bridgehead atoms. The highest BCUT2D eigenvalue weighted by Crippen LogP contribution is 2.04. The minimum atomic E-state index is -0.356. The van der Waals surface area contributed by atoms with E-state index in [2.05, 4.69) is 10.1 Å². The summed E-state index contributed by atoms with van der Waals surface area (Å²) in [6.07, 6.45) is 2.48. The fourth-order valence-electron chi connectivity index (χ4n) is 1.19. The molecule has 5 nitrogen and oxygen atoms in total. The molecule has 1 unspecified atom stereocenters. The lowest BCUT2D eigenvalue weighted by Gasteiger charge is -2.08. The molecule has 94 valence electrons. The zero-order valence-electron chi connectivity index (χ0n) is 9.44. The molecule has 0 saturated carbocycles. The first-order valence-electron chi connectivity index (χ1n) is 5.14. The van der Waals surface area contributed by atoms with E-state index in [0.29, 0.717) is 12.8 Å². The van der Waals surface area contributed by atoms with Gasteiger partial charge in [0, 0.05) is 19.4 Å². The molecule has 1 atom stereocenters. The minimum absolute atomic E-state index is 0.105. The Morgan fingerprint density at radius 2 is 2.35 bits per heavy atom. The summed E-state index contributed by atoms with van der Waals surface area (Å²) in [6, 6.07) is 3.61. The highest BCUT2D eigenvalue weighted by Gasteiger charge is 2.15. The second kappa shape index (κ2) is 7.31. The van der Waals surface area contributed by atoms with Gasteiger partial charge in [0.1, 0.15) is 9.68 Å². The molecule has 0 aliphatic rings. The average Bonchev–Trinajstić information content (AvgIpc) is 2.85. The van der Waals surface area contributed by atoms with Gasteiger partial charge in [-0.15, -0.1) is 0 Å².